The average molecular weight is 449 g/mol. The maximum Gasteiger partial charge on any atom is 0.275 e. The Morgan fingerprint density at radius 3 is 2.68 bits per heavy atom. The minimum atomic E-state index is -3.58. The van der Waals surface area contributed by atoms with Gasteiger partial charge in [-0.3, -0.25) is 4.79 Å². The molecule has 0 aliphatic heterocycles. The molecule has 2 rings (SSSR count). The van der Waals surface area contributed by atoms with Gasteiger partial charge in [-0.05, 0) is 34.1 Å². The van der Waals surface area contributed by atoms with Crippen molar-refractivity contribution in [3.63, 3.8) is 0 Å². The van der Waals surface area contributed by atoms with E-state index < -0.39 is 15.7 Å². The number of sulfone groups is 1. The van der Waals surface area contributed by atoms with Gasteiger partial charge >= 0.3 is 0 Å². The van der Waals surface area contributed by atoms with Crippen LogP contribution in [0.25, 0.3) is 0 Å². The van der Waals surface area contributed by atoms with Gasteiger partial charge in [0.05, 0.1) is 10.2 Å². The predicted molar refractivity (Wildman–Crippen MR) is 89.6 cm³/mol. The quantitative estimate of drug-likeness (QED) is 0.726. The van der Waals surface area contributed by atoms with E-state index in [1.54, 1.807) is 18.2 Å². The molecule has 1 N–H and O–H groups in total. The summed E-state index contributed by atoms with van der Waals surface area (Å²) in [7, 11) is -3.58. The Morgan fingerprint density at radius 2 is 2.05 bits per heavy atom. The van der Waals surface area contributed by atoms with Gasteiger partial charge < -0.3 is 5.32 Å². The first-order chi connectivity index (χ1) is 10.3. The summed E-state index contributed by atoms with van der Waals surface area (Å²) in [5.41, 5.74) is 0.520. The van der Waals surface area contributed by atoms with Crippen molar-refractivity contribution in [3.05, 3.63) is 45.1 Å². The molecule has 0 bridgehead atoms. The van der Waals surface area contributed by atoms with Crippen molar-refractivity contribution in [1.82, 2.24) is 9.97 Å². The molecule has 22 heavy (non-hydrogen) atoms. The van der Waals surface area contributed by atoms with Gasteiger partial charge in [-0.1, -0.05) is 28.9 Å². The second kappa shape index (κ2) is 6.84. The van der Waals surface area contributed by atoms with Crippen LogP contribution in [0.4, 0.5) is 5.69 Å². The third kappa shape index (κ3) is 3.90. The van der Waals surface area contributed by atoms with E-state index in [2.05, 4.69) is 47.1 Å². The van der Waals surface area contributed by atoms with Crippen LogP contribution in [0, 0.1) is 0 Å². The normalized spacial score (nSPS) is 11.2. The maximum absolute atomic E-state index is 12.3. The molecule has 0 saturated heterocycles. The van der Waals surface area contributed by atoms with E-state index in [1.165, 1.54) is 13.1 Å². The molecular formula is C13H11Br2N3O3S. The van der Waals surface area contributed by atoms with E-state index in [4.69, 9.17) is 0 Å². The lowest BCUT2D eigenvalue weighted by Crippen LogP contribution is -2.18. The molecule has 0 atom stereocenters. The summed E-state index contributed by atoms with van der Waals surface area (Å²) < 4.78 is 24.7. The average Bonchev–Trinajstić information content (AvgIpc) is 2.47. The SMILES string of the molecule is CCS(=O)(=O)c1ncc(Br)c(C(=O)Nc2cccc(Br)c2)n1. The number of rotatable bonds is 4. The molecule has 1 aromatic heterocycles. The summed E-state index contributed by atoms with van der Waals surface area (Å²) >= 11 is 6.46. The third-order valence-electron chi connectivity index (χ3n) is 2.68. The molecule has 1 amide bonds. The number of nitrogens with zero attached hydrogens (tertiary/aromatic N) is 2. The number of hydrogen-bond donors (Lipinski definition) is 1. The van der Waals surface area contributed by atoms with Crippen molar-refractivity contribution in [2.45, 2.75) is 12.1 Å². The Bertz CT molecular complexity index is 825. The zero-order valence-corrected chi connectivity index (χ0v) is 15.4. The molecule has 0 spiro atoms. The molecular weight excluding hydrogens is 438 g/mol. The number of anilines is 1. The lowest BCUT2D eigenvalue weighted by atomic mass is 10.3. The highest BCUT2D eigenvalue weighted by molar-refractivity contribution is 9.10. The number of benzene rings is 1. The maximum atomic E-state index is 12.3. The molecule has 6 nitrogen and oxygen atoms in total. The zero-order chi connectivity index (χ0) is 16.3. The Hall–Kier alpha value is -1.32. The summed E-state index contributed by atoms with van der Waals surface area (Å²) in [6.45, 7) is 1.49. The van der Waals surface area contributed by atoms with Gasteiger partial charge in [-0.15, -0.1) is 0 Å². The predicted octanol–water partition coefficient (Wildman–Crippen LogP) is 3.05. The largest absolute Gasteiger partial charge is 0.321 e. The first-order valence-corrected chi connectivity index (χ1v) is 9.39. The van der Waals surface area contributed by atoms with Crippen LogP contribution in [0.5, 0.6) is 0 Å². The molecule has 116 valence electrons. The number of aromatic nitrogens is 2. The number of hydrogen-bond acceptors (Lipinski definition) is 5. The fraction of sp³-hybridized carbons (Fsp3) is 0.154. The summed E-state index contributed by atoms with van der Waals surface area (Å²) in [5.74, 6) is -0.665. The van der Waals surface area contributed by atoms with Crippen LogP contribution in [0.3, 0.4) is 0 Å². The summed E-state index contributed by atoms with van der Waals surface area (Å²) in [6.07, 6.45) is 1.26. The molecule has 0 saturated carbocycles. The van der Waals surface area contributed by atoms with E-state index in [9.17, 15) is 13.2 Å². The lowest BCUT2D eigenvalue weighted by molar-refractivity contribution is 0.102. The van der Waals surface area contributed by atoms with Crippen molar-refractivity contribution in [2.75, 3.05) is 11.1 Å². The molecule has 1 heterocycles. The Morgan fingerprint density at radius 1 is 1.32 bits per heavy atom. The molecule has 0 unspecified atom stereocenters. The number of halogens is 2. The van der Waals surface area contributed by atoms with Gasteiger partial charge in [-0.25, -0.2) is 18.4 Å². The molecule has 0 aliphatic carbocycles. The number of carbonyl (C=O) groups is 1. The van der Waals surface area contributed by atoms with Crippen molar-refractivity contribution in [2.24, 2.45) is 0 Å². The van der Waals surface area contributed by atoms with Gasteiger partial charge in [-0.2, -0.15) is 0 Å². The van der Waals surface area contributed by atoms with E-state index in [0.29, 0.717) is 10.2 Å². The van der Waals surface area contributed by atoms with Crippen LogP contribution in [0.15, 0.2) is 44.6 Å². The molecule has 2 aromatic rings. The van der Waals surface area contributed by atoms with E-state index >= 15 is 0 Å². The zero-order valence-electron chi connectivity index (χ0n) is 11.4. The Balaban J connectivity index is 2.35. The van der Waals surface area contributed by atoms with Gasteiger partial charge in [0.25, 0.3) is 5.91 Å². The molecule has 0 aliphatic rings. The van der Waals surface area contributed by atoms with E-state index in [0.717, 1.165) is 4.47 Å². The summed E-state index contributed by atoms with van der Waals surface area (Å²) in [6, 6.07) is 7.02. The van der Waals surface area contributed by atoms with Crippen molar-refractivity contribution in [3.8, 4) is 0 Å². The number of carbonyl (C=O) groups excluding carboxylic acids is 1. The van der Waals surface area contributed by atoms with Gasteiger partial charge in [0.2, 0.25) is 15.0 Å². The molecule has 1 aromatic carbocycles. The van der Waals surface area contributed by atoms with Crippen LogP contribution in [0.1, 0.15) is 17.4 Å². The van der Waals surface area contributed by atoms with Crippen molar-refractivity contribution < 1.29 is 13.2 Å². The highest BCUT2D eigenvalue weighted by Gasteiger charge is 2.20. The molecule has 9 heteroatoms. The van der Waals surface area contributed by atoms with E-state index in [-0.39, 0.29) is 16.6 Å². The van der Waals surface area contributed by atoms with E-state index in [1.807, 2.05) is 6.07 Å². The lowest BCUT2D eigenvalue weighted by Gasteiger charge is -2.08. The second-order valence-corrected chi connectivity index (χ2v) is 8.16. The number of nitrogens with one attached hydrogen (secondary N) is 1. The van der Waals surface area contributed by atoms with Crippen LogP contribution < -0.4 is 5.32 Å². The fourth-order valence-electron chi connectivity index (χ4n) is 1.55. The third-order valence-corrected chi connectivity index (χ3v) is 5.26. The Kier molecular flexibility index (Phi) is 5.30. The van der Waals surface area contributed by atoms with Crippen molar-refractivity contribution >= 4 is 53.3 Å². The first kappa shape index (κ1) is 17.0. The Labute approximate surface area is 144 Å². The molecule has 0 radical (unpaired) electrons. The highest BCUT2D eigenvalue weighted by atomic mass is 79.9. The van der Waals surface area contributed by atoms with Crippen LogP contribution in [-0.4, -0.2) is 30.0 Å². The standard InChI is InChI=1S/C13H11Br2N3O3S/c1-2-22(20,21)13-16-7-10(15)11(18-13)12(19)17-9-5-3-4-8(14)6-9/h3-7H,2H2,1H3,(H,17,19). The topological polar surface area (TPSA) is 89.0 Å². The van der Waals surface area contributed by atoms with Crippen LogP contribution in [0.2, 0.25) is 0 Å². The van der Waals surface area contributed by atoms with Gasteiger partial charge in [0.15, 0.2) is 0 Å². The van der Waals surface area contributed by atoms with Gasteiger partial charge in [0.1, 0.15) is 5.69 Å². The van der Waals surface area contributed by atoms with Gasteiger partial charge in [0, 0.05) is 16.4 Å². The summed E-state index contributed by atoms with van der Waals surface area (Å²) in [4.78, 5) is 19.9. The second-order valence-electron chi connectivity index (χ2n) is 4.22. The summed E-state index contributed by atoms with van der Waals surface area (Å²) in [5, 5.41) is 2.29. The molecule has 0 fully saturated rings. The minimum Gasteiger partial charge on any atom is -0.321 e. The van der Waals surface area contributed by atoms with Crippen LogP contribution in [-0.2, 0) is 9.84 Å². The number of amides is 1. The first-order valence-electron chi connectivity index (χ1n) is 6.15. The highest BCUT2D eigenvalue weighted by Crippen LogP contribution is 2.19. The smallest absolute Gasteiger partial charge is 0.275 e. The minimum absolute atomic E-state index is 0.0398. The fourth-order valence-corrected chi connectivity index (χ4v) is 3.02. The van der Waals surface area contributed by atoms with Crippen molar-refractivity contribution in [1.29, 1.82) is 0 Å². The monoisotopic (exact) mass is 447 g/mol. The van der Waals surface area contributed by atoms with Crippen LogP contribution >= 0.6 is 31.9 Å².